The van der Waals surface area contributed by atoms with Crippen molar-refractivity contribution in [2.45, 2.75) is 5.92 Å². The molecular formula is C22H18O4. The van der Waals surface area contributed by atoms with Crippen molar-refractivity contribution in [1.82, 2.24) is 0 Å². The minimum Gasteiger partial charge on any atom is -0.465 e. The van der Waals surface area contributed by atoms with Crippen LogP contribution in [-0.2, 0) is 9.53 Å². The van der Waals surface area contributed by atoms with E-state index in [4.69, 9.17) is 4.74 Å². The normalized spacial score (nSPS) is 10.4. The van der Waals surface area contributed by atoms with Gasteiger partial charge in [0.25, 0.3) is 0 Å². The summed E-state index contributed by atoms with van der Waals surface area (Å²) in [5, 5.41) is 0. The molecule has 3 aromatic carbocycles. The molecule has 0 aliphatic carbocycles. The quantitative estimate of drug-likeness (QED) is 0.513. The van der Waals surface area contributed by atoms with Crippen LogP contribution in [0.1, 0.15) is 27.4 Å². The lowest BCUT2D eigenvalue weighted by Crippen LogP contribution is -2.20. The van der Waals surface area contributed by atoms with Gasteiger partial charge in [-0.3, -0.25) is 4.79 Å². The van der Waals surface area contributed by atoms with Crippen LogP contribution in [0.2, 0.25) is 0 Å². The van der Waals surface area contributed by atoms with Crippen LogP contribution in [0.3, 0.4) is 0 Å². The molecule has 0 atom stereocenters. The summed E-state index contributed by atoms with van der Waals surface area (Å²) in [4.78, 5) is 24.4. The minimum absolute atomic E-state index is 0.375. The Morgan fingerprint density at radius 1 is 0.731 bits per heavy atom. The average Bonchev–Trinajstić information content (AvgIpc) is 2.70. The summed E-state index contributed by atoms with van der Waals surface area (Å²) in [6, 6.07) is 25.3. The van der Waals surface area contributed by atoms with E-state index in [1.165, 1.54) is 7.11 Å². The molecule has 4 heteroatoms. The van der Waals surface area contributed by atoms with Gasteiger partial charge in [-0.2, -0.15) is 0 Å². The number of carbonyl (C=O) groups excluding carboxylic acids is 2. The minimum atomic E-state index is -0.530. The van der Waals surface area contributed by atoms with Gasteiger partial charge in [-0.05, 0) is 35.4 Å². The first-order chi connectivity index (χ1) is 12.7. The topological polar surface area (TPSA) is 52.6 Å². The molecule has 130 valence electrons. The smallest absolute Gasteiger partial charge is 0.337 e. The molecule has 0 radical (unpaired) electrons. The highest BCUT2D eigenvalue weighted by Crippen LogP contribution is 2.27. The molecule has 3 rings (SSSR count). The van der Waals surface area contributed by atoms with Crippen LogP contribution in [0, 0.1) is 0 Å². The van der Waals surface area contributed by atoms with Gasteiger partial charge < -0.3 is 9.47 Å². The van der Waals surface area contributed by atoms with Crippen molar-refractivity contribution in [3.05, 3.63) is 102 Å². The maximum Gasteiger partial charge on any atom is 0.337 e. The first-order valence-electron chi connectivity index (χ1n) is 8.19. The highest BCUT2D eigenvalue weighted by atomic mass is 16.5. The van der Waals surface area contributed by atoms with Crippen LogP contribution in [0.15, 0.2) is 84.9 Å². The predicted molar refractivity (Wildman–Crippen MR) is 98.1 cm³/mol. The van der Waals surface area contributed by atoms with Crippen LogP contribution in [-0.4, -0.2) is 19.0 Å². The molecule has 26 heavy (non-hydrogen) atoms. The number of ether oxygens (including phenoxy) is 2. The lowest BCUT2D eigenvalue weighted by Gasteiger charge is -2.17. The zero-order chi connectivity index (χ0) is 18.4. The van der Waals surface area contributed by atoms with Crippen molar-refractivity contribution in [3.8, 4) is 5.75 Å². The van der Waals surface area contributed by atoms with Gasteiger partial charge in [0, 0.05) is 0 Å². The van der Waals surface area contributed by atoms with Crippen LogP contribution >= 0.6 is 0 Å². The summed E-state index contributed by atoms with van der Waals surface area (Å²) in [7, 11) is 1.32. The van der Waals surface area contributed by atoms with Crippen molar-refractivity contribution in [1.29, 1.82) is 0 Å². The van der Waals surface area contributed by atoms with Gasteiger partial charge in [-0.1, -0.05) is 60.7 Å². The summed E-state index contributed by atoms with van der Waals surface area (Å²) in [5.74, 6) is -0.972. The van der Waals surface area contributed by atoms with Crippen LogP contribution in [0.5, 0.6) is 5.75 Å². The molecule has 4 nitrogen and oxygen atoms in total. The molecule has 0 spiro atoms. The van der Waals surface area contributed by atoms with E-state index >= 15 is 0 Å². The first-order valence-corrected chi connectivity index (χ1v) is 8.19. The van der Waals surface area contributed by atoms with Crippen molar-refractivity contribution in [3.63, 3.8) is 0 Å². The average molecular weight is 346 g/mol. The molecule has 0 saturated heterocycles. The second kappa shape index (κ2) is 8.12. The molecule has 0 bridgehead atoms. The summed E-state index contributed by atoms with van der Waals surface area (Å²) < 4.78 is 10.2. The molecule has 0 N–H and O–H groups in total. The van der Waals surface area contributed by atoms with E-state index in [9.17, 15) is 9.59 Å². The van der Waals surface area contributed by atoms with E-state index in [-0.39, 0.29) is 5.97 Å². The standard InChI is InChI=1S/C22H18O4/c1-25-21(23)18-12-14-19(15-13-18)26-22(24)20(16-8-4-2-5-9-16)17-10-6-3-7-11-17/h2-15,20H,1H3. The number of hydrogen-bond acceptors (Lipinski definition) is 4. The summed E-state index contributed by atoms with van der Waals surface area (Å²) >= 11 is 0. The Bertz CT molecular complexity index is 832. The van der Waals surface area contributed by atoms with Crippen LogP contribution < -0.4 is 4.74 Å². The number of benzene rings is 3. The van der Waals surface area contributed by atoms with Gasteiger partial charge >= 0.3 is 11.9 Å². The fourth-order valence-electron chi connectivity index (χ4n) is 2.71. The van der Waals surface area contributed by atoms with E-state index in [0.29, 0.717) is 11.3 Å². The van der Waals surface area contributed by atoms with Crippen molar-refractivity contribution < 1.29 is 19.1 Å². The van der Waals surface area contributed by atoms with Gasteiger partial charge in [0.2, 0.25) is 0 Å². The Balaban J connectivity index is 1.85. The molecule has 0 aliphatic rings. The fraction of sp³-hybridized carbons (Fsp3) is 0.0909. The number of hydrogen-bond donors (Lipinski definition) is 0. The Labute approximate surface area is 152 Å². The lowest BCUT2D eigenvalue weighted by molar-refractivity contribution is -0.135. The second-order valence-corrected chi connectivity index (χ2v) is 5.69. The maximum absolute atomic E-state index is 12.9. The first kappa shape index (κ1) is 17.4. The van der Waals surface area contributed by atoms with E-state index in [0.717, 1.165) is 11.1 Å². The third-order valence-corrected chi connectivity index (χ3v) is 4.00. The molecule has 0 aliphatic heterocycles. The Kier molecular flexibility index (Phi) is 5.44. The fourth-order valence-corrected chi connectivity index (χ4v) is 2.71. The van der Waals surface area contributed by atoms with Gasteiger partial charge in [-0.15, -0.1) is 0 Å². The van der Waals surface area contributed by atoms with Crippen molar-refractivity contribution in [2.75, 3.05) is 7.11 Å². The van der Waals surface area contributed by atoms with E-state index in [2.05, 4.69) is 4.74 Å². The van der Waals surface area contributed by atoms with Crippen LogP contribution in [0.25, 0.3) is 0 Å². The predicted octanol–water partition coefficient (Wildman–Crippen LogP) is 4.21. The number of rotatable bonds is 5. The maximum atomic E-state index is 12.9. The lowest BCUT2D eigenvalue weighted by atomic mass is 9.91. The highest BCUT2D eigenvalue weighted by molar-refractivity contribution is 5.89. The van der Waals surface area contributed by atoms with Gasteiger partial charge in [0.15, 0.2) is 0 Å². The van der Waals surface area contributed by atoms with Crippen molar-refractivity contribution >= 4 is 11.9 Å². The van der Waals surface area contributed by atoms with E-state index < -0.39 is 11.9 Å². The van der Waals surface area contributed by atoms with Gasteiger partial charge in [0.1, 0.15) is 11.7 Å². The molecule has 0 saturated carbocycles. The number of esters is 2. The number of carbonyl (C=O) groups is 2. The zero-order valence-corrected chi connectivity index (χ0v) is 14.3. The highest BCUT2D eigenvalue weighted by Gasteiger charge is 2.24. The third kappa shape index (κ3) is 3.98. The van der Waals surface area contributed by atoms with Gasteiger partial charge in [-0.25, -0.2) is 4.79 Å². The summed E-state index contributed by atoms with van der Waals surface area (Å²) in [6.45, 7) is 0. The van der Waals surface area contributed by atoms with Crippen LogP contribution in [0.4, 0.5) is 0 Å². The molecule has 0 aromatic heterocycles. The molecule has 0 fully saturated rings. The molecule has 0 amide bonds. The molecule has 0 unspecified atom stereocenters. The largest absolute Gasteiger partial charge is 0.465 e. The molecular weight excluding hydrogens is 328 g/mol. The SMILES string of the molecule is COC(=O)c1ccc(OC(=O)C(c2ccccc2)c2ccccc2)cc1. The second-order valence-electron chi connectivity index (χ2n) is 5.69. The Hall–Kier alpha value is -3.40. The third-order valence-electron chi connectivity index (χ3n) is 4.00. The molecule has 3 aromatic rings. The van der Waals surface area contributed by atoms with E-state index in [1.54, 1.807) is 24.3 Å². The van der Waals surface area contributed by atoms with Crippen molar-refractivity contribution in [2.24, 2.45) is 0 Å². The summed E-state index contributed by atoms with van der Waals surface area (Å²) in [5.41, 5.74) is 2.11. The number of methoxy groups -OCH3 is 1. The molecule has 0 heterocycles. The zero-order valence-electron chi connectivity index (χ0n) is 14.3. The Morgan fingerprint density at radius 3 is 1.69 bits per heavy atom. The monoisotopic (exact) mass is 346 g/mol. The van der Waals surface area contributed by atoms with Gasteiger partial charge in [0.05, 0.1) is 12.7 Å². The summed E-state index contributed by atoms with van der Waals surface area (Å²) in [6.07, 6.45) is 0. The van der Waals surface area contributed by atoms with E-state index in [1.807, 2.05) is 60.7 Å². The Morgan fingerprint density at radius 2 is 1.23 bits per heavy atom.